The number of hydrogen-bond acceptors (Lipinski definition) is 2. The summed E-state index contributed by atoms with van der Waals surface area (Å²) in [7, 11) is 0. The summed E-state index contributed by atoms with van der Waals surface area (Å²) in [6, 6.07) is 0.826. The van der Waals surface area contributed by atoms with Gasteiger partial charge in [-0.1, -0.05) is 26.2 Å². The van der Waals surface area contributed by atoms with Crippen LogP contribution in [0.4, 0.5) is 0 Å². The molecule has 1 saturated heterocycles. The maximum Gasteiger partial charge on any atom is 0.0110 e. The van der Waals surface area contributed by atoms with E-state index in [1.807, 2.05) is 0 Å². The van der Waals surface area contributed by atoms with Gasteiger partial charge in [0.1, 0.15) is 0 Å². The number of unbranched alkanes of at least 4 members (excludes halogenated alkanes) is 3. The van der Waals surface area contributed by atoms with Gasteiger partial charge >= 0.3 is 0 Å². The molecule has 0 bridgehead atoms. The Morgan fingerprint density at radius 2 is 2.07 bits per heavy atom. The lowest BCUT2D eigenvalue weighted by atomic mass is 10.2. The monoisotopic (exact) mass is 212 g/mol. The van der Waals surface area contributed by atoms with Crippen molar-refractivity contribution in [2.24, 2.45) is 0 Å². The number of likely N-dealkylation sites (tertiary alicyclic amines) is 1. The molecule has 15 heavy (non-hydrogen) atoms. The third kappa shape index (κ3) is 5.53. The minimum absolute atomic E-state index is 0.826. The van der Waals surface area contributed by atoms with Crippen LogP contribution in [0.2, 0.25) is 0 Å². The van der Waals surface area contributed by atoms with Gasteiger partial charge in [0, 0.05) is 19.1 Å². The van der Waals surface area contributed by atoms with E-state index in [2.05, 4.69) is 24.1 Å². The lowest BCUT2D eigenvalue weighted by molar-refractivity contribution is 0.268. The number of nitrogens with one attached hydrogen (secondary N) is 1. The highest BCUT2D eigenvalue weighted by molar-refractivity contribution is 4.75. The van der Waals surface area contributed by atoms with E-state index in [0.29, 0.717) is 0 Å². The molecule has 1 aliphatic heterocycles. The third-order valence-electron chi connectivity index (χ3n) is 3.47. The smallest absolute Gasteiger partial charge is 0.0110 e. The van der Waals surface area contributed by atoms with Crippen LogP contribution in [-0.2, 0) is 0 Å². The van der Waals surface area contributed by atoms with E-state index >= 15 is 0 Å². The lowest BCUT2D eigenvalue weighted by Gasteiger charge is -2.20. The second-order valence-corrected chi connectivity index (χ2v) is 4.84. The fourth-order valence-electron chi connectivity index (χ4n) is 2.35. The molecule has 1 fully saturated rings. The van der Waals surface area contributed by atoms with Gasteiger partial charge < -0.3 is 5.32 Å². The van der Waals surface area contributed by atoms with Crippen LogP contribution in [0.5, 0.6) is 0 Å². The summed E-state index contributed by atoms with van der Waals surface area (Å²) < 4.78 is 0. The van der Waals surface area contributed by atoms with E-state index < -0.39 is 0 Å². The van der Waals surface area contributed by atoms with Crippen molar-refractivity contribution < 1.29 is 0 Å². The molecule has 1 heterocycles. The highest BCUT2D eigenvalue weighted by atomic mass is 15.2. The van der Waals surface area contributed by atoms with Crippen molar-refractivity contribution in [3.8, 4) is 0 Å². The van der Waals surface area contributed by atoms with Gasteiger partial charge in [0.2, 0.25) is 0 Å². The van der Waals surface area contributed by atoms with Gasteiger partial charge in [-0.25, -0.2) is 0 Å². The van der Waals surface area contributed by atoms with E-state index in [-0.39, 0.29) is 0 Å². The normalized spacial score (nSPS) is 22.4. The zero-order chi connectivity index (χ0) is 10.9. The van der Waals surface area contributed by atoms with Gasteiger partial charge in [-0.3, -0.25) is 4.90 Å². The molecule has 1 N–H and O–H groups in total. The van der Waals surface area contributed by atoms with E-state index in [1.165, 1.54) is 64.7 Å². The minimum atomic E-state index is 0.826. The molecule has 0 aromatic rings. The lowest BCUT2D eigenvalue weighted by Crippen LogP contribution is -2.34. The van der Waals surface area contributed by atoms with Crippen LogP contribution in [0.1, 0.15) is 52.4 Å². The maximum absolute atomic E-state index is 3.55. The van der Waals surface area contributed by atoms with E-state index in [9.17, 15) is 0 Å². The van der Waals surface area contributed by atoms with Crippen molar-refractivity contribution >= 4 is 0 Å². The number of hydrogen-bond donors (Lipinski definition) is 1. The number of rotatable bonds is 8. The summed E-state index contributed by atoms with van der Waals surface area (Å²) in [4.78, 5) is 2.61. The molecular weight excluding hydrogens is 184 g/mol. The Morgan fingerprint density at radius 3 is 2.73 bits per heavy atom. The molecule has 0 radical (unpaired) electrons. The molecule has 1 unspecified atom stereocenters. The molecule has 2 heteroatoms. The van der Waals surface area contributed by atoms with Crippen LogP contribution in [0.3, 0.4) is 0 Å². The van der Waals surface area contributed by atoms with Gasteiger partial charge in [0.15, 0.2) is 0 Å². The highest BCUT2D eigenvalue weighted by Crippen LogP contribution is 2.14. The SMILES string of the molecule is CCCCCCNCCN1CCCC1C. The predicted molar refractivity (Wildman–Crippen MR) is 67.3 cm³/mol. The Kier molecular flexibility index (Phi) is 7.03. The average Bonchev–Trinajstić information content (AvgIpc) is 2.63. The van der Waals surface area contributed by atoms with Crippen LogP contribution in [-0.4, -0.2) is 37.1 Å². The second kappa shape index (κ2) is 8.12. The molecule has 1 aliphatic rings. The van der Waals surface area contributed by atoms with Crippen molar-refractivity contribution in [3.63, 3.8) is 0 Å². The second-order valence-electron chi connectivity index (χ2n) is 4.84. The molecule has 0 aliphatic carbocycles. The topological polar surface area (TPSA) is 15.3 Å². The van der Waals surface area contributed by atoms with Crippen molar-refractivity contribution in [2.75, 3.05) is 26.2 Å². The molecule has 0 aromatic carbocycles. The van der Waals surface area contributed by atoms with Gasteiger partial charge in [-0.2, -0.15) is 0 Å². The maximum atomic E-state index is 3.55. The zero-order valence-electron chi connectivity index (χ0n) is 10.6. The van der Waals surface area contributed by atoms with Gasteiger partial charge in [-0.15, -0.1) is 0 Å². The van der Waals surface area contributed by atoms with Crippen LogP contribution >= 0.6 is 0 Å². The van der Waals surface area contributed by atoms with E-state index in [1.54, 1.807) is 0 Å². The molecule has 0 spiro atoms. The zero-order valence-corrected chi connectivity index (χ0v) is 10.6. The Hall–Kier alpha value is -0.0800. The predicted octanol–water partition coefficient (Wildman–Crippen LogP) is 2.64. The third-order valence-corrected chi connectivity index (χ3v) is 3.47. The Labute approximate surface area is 95.4 Å². The molecule has 0 saturated carbocycles. The van der Waals surface area contributed by atoms with Crippen LogP contribution in [0.25, 0.3) is 0 Å². The van der Waals surface area contributed by atoms with E-state index in [0.717, 1.165) is 6.04 Å². The molecule has 1 atom stereocenters. The summed E-state index contributed by atoms with van der Waals surface area (Å²) in [6.07, 6.45) is 8.28. The molecule has 90 valence electrons. The summed E-state index contributed by atoms with van der Waals surface area (Å²) in [5.74, 6) is 0. The summed E-state index contributed by atoms with van der Waals surface area (Å²) >= 11 is 0. The first-order valence-electron chi connectivity index (χ1n) is 6.79. The summed E-state index contributed by atoms with van der Waals surface area (Å²) in [5.41, 5.74) is 0. The fourth-order valence-corrected chi connectivity index (χ4v) is 2.35. The number of nitrogens with zero attached hydrogens (tertiary/aromatic N) is 1. The van der Waals surface area contributed by atoms with Crippen LogP contribution in [0.15, 0.2) is 0 Å². The largest absolute Gasteiger partial charge is 0.315 e. The van der Waals surface area contributed by atoms with Gasteiger partial charge in [-0.05, 0) is 39.3 Å². The molecule has 0 amide bonds. The summed E-state index contributed by atoms with van der Waals surface area (Å²) in [6.45, 7) is 9.57. The highest BCUT2D eigenvalue weighted by Gasteiger charge is 2.18. The average molecular weight is 212 g/mol. The Bertz CT molecular complexity index is 147. The first-order valence-corrected chi connectivity index (χ1v) is 6.79. The quantitative estimate of drug-likeness (QED) is 0.622. The fraction of sp³-hybridized carbons (Fsp3) is 1.00. The summed E-state index contributed by atoms with van der Waals surface area (Å²) in [5, 5.41) is 3.55. The Morgan fingerprint density at radius 1 is 1.20 bits per heavy atom. The minimum Gasteiger partial charge on any atom is -0.315 e. The standard InChI is InChI=1S/C13H28N2/c1-3-4-5-6-9-14-10-12-15-11-7-8-13(15)2/h13-14H,3-12H2,1-2H3. The van der Waals surface area contributed by atoms with Gasteiger partial charge in [0.25, 0.3) is 0 Å². The van der Waals surface area contributed by atoms with Gasteiger partial charge in [0.05, 0.1) is 0 Å². The van der Waals surface area contributed by atoms with Crippen molar-refractivity contribution in [2.45, 2.75) is 58.4 Å². The molecular formula is C13H28N2. The van der Waals surface area contributed by atoms with Crippen LogP contribution < -0.4 is 5.32 Å². The molecule has 2 nitrogen and oxygen atoms in total. The van der Waals surface area contributed by atoms with E-state index in [4.69, 9.17) is 0 Å². The molecule has 1 rings (SSSR count). The van der Waals surface area contributed by atoms with Crippen molar-refractivity contribution in [1.82, 2.24) is 10.2 Å². The first kappa shape index (κ1) is 13.0. The van der Waals surface area contributed by atoms with Crippen molar-refractivity contribution in [1.29, 1.82) is 0 Å². The molecule has 0 aromatic heterocycles. The Balaban J connectivity index is 1.84. The first-order chi connectivity index (χ1) is 7.34. The van der Waals surface area contributed by atoms with Crippen molar-refractivity contribution in [3.05, 3.63) is 0 Å². The van der Waals surface area contributed by atoms with Crippen LogP contribution in [0, 0.1) is 0 Å².